The summed E-state index contributed by atoms with van der Waals surface area (Å²) in [7, 11) is 0. The van der Waals surface area contributed by atoms with Crippen LogP contribution in [0.1, 0.15) is 0 Å². The molecule has 0 aromatic carbocycles. The Bertz CT molecular complexity index is 225. The number of aliphatic carboxylic acids is 1. The molecule has 0 spiro atoms. The van der Waals surface area contributed by atoms with E-state index in [0.717, 1.165) is 0 Å². The van der Waals surface area contributed by atoms with Gasteiger partial charge in [0.2, 0.25) is 11.9 Å². The van der Waals surface area contributed by atoms with Crippen molar-refractivity contribution in [1.82, 2.24) is 10.6 Å². The van der Waals surface area contributed by atoms with Crippen LogP contribution in [0.15, 0.2) is 0 Å². The molecule has 0 radical (unpaired) electrons. The molecule has 3 N–H and O–H groups in total. The maximum Gasteiger partial charge on any atom is 0.336 e. The third-order valence-electron chi connectivity index (χ3n) is 1.24. The van der Waals surface area contributed by atoms with Crippen LogP contribution in [0.25, 0.3) is 0 Å². The number of amides is 2. The van der Waals surface area contributed by atoms with Crippen LogP contribution in [0.5, 0.6) is 0 Å². The van der Waals surface area contributed by atoms with Crippen molar-refractivity contribution in [3.8, 4) is 0 Å². The van der Waals surface area contributed by atoms with Crippen LogP contribution in [-0.4, -0.2) is 35.5 Å². The minimum atomic E-state index is -1.43. The van der Waals surface area contributed by atoms with E-state index in [-0.39, 0.29) is 6.54 Å². The average Bonchev–Trinajstić information content (AvgIpc) is 1.94. The van der Waals surface area contributed by atoms with Gasteiger partial charge in [0, 0.05) is 0 Å². The van der Waals surface area contributed by atoms with Gasteiger partial charge in [0.05, 0.1) is 6.54 Å². The Kier molecular flexibility index (Phi) is 1.75. The first-order valence-corrected chi connectivity index (χ1v) is 2.91. The van der Waals surface area contributed by atoms with Gasteiger partial charge in [-0.15, -0.1) is 0 Å². The monoisotopic (exact) mass is 158 g/mol. The fourth-order valence-corrected chi connectivity index (χ4v) is 0.721. The molecule has 6 nitrogen and oxygen atoms in total. The molecule has 0 bridgehead atoms. The second-order valence-electron chi connectivity index (χ2n) is 2.06. The molecule has 0 aromatic heterocycles. The standard InChI is InChI=1S/C5H6N2O4/c8-2-1-6-4(9)3(7-2)5(10)11/h3H,1H2,(H,6,9)(H,7,8)(H,10,11)/t3-/m0/s1. The summed E-state index contributed by atoms with van der Waals surface area (Å²) in [6, 6.07) is -1.43. The molecular weight excluding hydrogens is 152 g/mol. The van der Waals surface area contributed by atoms with E-state index < -0.39 is 23.8 Å². The Hall–Kier alpha value is -1.59. The molecular formula is C5H6N2O4. The maximum atomic E-state index is 10.7. The number of hydrogen-bond donors (Lipinski definition) is 3. The molecule has 1 saturated heterocycles. The first-order valence-electron chi connectivity index (χ1n) is 2.91. The van der Waals surface area contributed by atoms with E-state index in [9.17, 15) is 14.4 Å². The lowest BCUT2D eigenvalue weighted by Crippen LogP contribution is -2.59. The van der Waals surface area contributed by atoms with Crippen LogP contribution in [0, 0.1) is 0 Å². The maximum absolute atomic E-state index is 10.7. The largest absolute Gasteiger partial charge is 0.479 e. The number of hydrogen-bond acceptors (Lipinski definition) is 3. The van der Waals surface area contributed by atoms with Gasteiger partial charge in [-0.05, 0) is 0 Å². The minimum absolute atomic E-state index is 0.150. The molecule has 0 aromatic rings. The predicted octanol–water partition coefficient (Wildman–Crippen LogP) is -2.31. The number of rotatable bonds is 1. The molecule has 0 saturated carbocycles. The molecule has 60 valence electrons. The molecule has 1 fully saturated rings. The lowest BCUT2D eigenvalue weighted by atomic mass is 10.2. The number of carbonyl (C=O) groups excluding carboxylic acids is 2. The van der Waals surface area contributed by atoms with Crippen molar-refractivity contribution < 1.29 is 19.5 Å². The molecule has 6 heteroatoms. The SMILES string of the molecule is O=C1CNC(=O)[C@@H](C(=O)O)N1. The highest BCUT2D eigenvalue weighted by molar-refractivity contribution is 6.07. The summed E-state index contributed by atoms with van der Waals surface area (Å²) >= 11 is 0. The summed E-state index contributed by atoms with van der Waals surface area (Å²) in [5, 5.41) is 12.5. The van der Waals surface area contributed by atoms with Gasteiger partial charge in [0.15, 0.2) is 0 Å². The molecule has 1 heterocycles. The van der Waals surface area contributed by atoms with Crippen molar-refractivity contribution in [2.24, 2.45) is 0 Å². The summed E-state index contributed by atoms with van der Waals surface area (Å²) in [6.07, 6.45) is 0. The van der Waals surface area contributed by atoms with E-state index in [0.29, 0.717) is 0 Å². The number of nitrogens with one attached hydrogen (secondary N) is 2. The smallest absolute Gasteiger partial charge is 0.336 e. The fraction of sp³-hybridized carbons (Fsp3) is 0.400. The Labute approximate surface area is 61.6 Å². The summed E-state index contributed by atoms with van der Waals surface area (Å²) < 4.78 is 0. The summed E-state index contributed by atoms with van der Waals surface area (Å²) in [5.41, 5.74) is 0. The van der Waals surface area contributed by atoms with Gasteiger partial charge in [0.25, 0.3) is 5.91 Å². The van der Waals surface area contributed by atoms with Gasteiger partial charge in [-0.25, -0.2) is 4.79 Å². The third-order valence-corrected chi connectivity index (χ3v) is 1.24. The van der Waals surface area contributed by atoms with Gasteiger partial charge in [0.1, 0.15) is 0 Å². The number of carboxylic acid groups (broad SMARTS) is 1. The van der Waals surface area contributed by atoms with Gasteiger partial charge < -0.3 is 15.7 Å². The zero-order valence-electron chi connectivity index (χ0n) is 5.46. The van der Waals surface area contributed by atoms with Gasteiger partial charge in [-0.1, -0.05) is 0 Å². The van der Waals surface area contributed by atoms with Crippen LogP contribution in [0.3, 0.4) is 0 Å². The van der Waals surface area contributed by atoms with E-state index in [1.165, 1.54) is 0 Å². The first-order chi connectivity index (χ1) is 5.11. The van der Waals surface area contributed by atoms with Crippen LogP contribution < -0.4 is 10.6 Å². The Morgan fingerprint density at radius 3 is 2.64 bits per heavy atom. The van der Waals surface area contributed by atoms with Crippen molar-refractivity contribution in [2.75, 3.05) is 6.54 Å². The topological polar surface area (TPSA) is 95.5 Å². The minimum Gasteiger partial charge on any atom is -0.479 e. The van der Waals surface area contributed by atoms with Gasteiger partial charge in [-0.3, -0.25) is 9.59 Å². The second kappa shape index (κ2) is 2.57. The van der Waals surface area contributed by atoms with Crippen LogP contribution >= 0.6 is 0 Å². The zero-order chi connectivity index (χ0) is 8.43. The van der Waals surface area contributed by atoms with Gasteiger partial charge >= 0.3 is 5.97 Å². The number of piperazine rings is 1. The zero-order valence-corrected chi connectivity index (χ0v) is 5.46. The lowest BCUT2D eigenvalue weighted by Gasteiger charge is -2.19. The highest BCUT2D eigenvalue weighted by Gasteiger charge is 2.31. The molecule has 11 heavy (non-hydrogen) atoms. The molecule has 1 atom stereocenters. The first kappa shape index (κ1) is 7.52. The normalized spacial score (nSPS) is 23.8. The van der Waals surface area contributed by atoms with Crippen LogP contribution in [0.4, 0.5) is 0 Å². The lowest BCUT2D eigenvalue weighted by molar-refractivity contribution is -0.148. The highest BCUT2D eigenvalue weighted by atomic mass is 16.4. The molecule has 0 unspecified atom stereocenters. The molecule has 1 aliphatic rings. The third kappa shape index (κ3) is 1.46. The highest BCUT2D eigenvalue weighted by Crippen LogP contribution is 1.89. The van der Waals surface area contributed by atoms with Crippen molar-refractivity contribution in [3.63, 3.8) is 0 Å². The quantitative estimate of drug-likeness (QED) is 0.373. The van der Waals surface area contributed by atoms with Crippen LogP contribution in [-0.2, 0) is 14.4 Å². The fourth-order valence-electron chi connectivity index (χ4n) is 0.721. The molecule has 0 aliphatic carbocycles. The molecule has 2 amide bonds. The summed E-state index contributed by atoms with van der Waals surface area (Å²) in [5.74, 6) is -2.52. The van der Waals surface area contributed by atoms with Crippen molar-refractivity contribution in [2.45, 2.75) is 6.04 Å². The Morgan fingerprint density at radius 2 is 2.18 bits per heavy atom. The Morgan fingerprint density at radius 1 is 1.55 bits per heavy atom. The van der Waals surface area contributed by atoms with E-state index in [1.807, 2.05) is 5.32 Å². The Balaban J connectivity index is 2.69. The van der Waals surface area contributed by atoms with E-state index in [4.69, 9.17) is 5.11 Å². The van der Waals surface area contributed by atoms with E-state index in [1.54, 1.807) is 0 Å². The molecule has 1 aliphatic heterocycles. The predicted molar refractivity (Wildman–Crippen MR) is 32.6 cm³/mol. The second-order valence-corrected chi connectivity index (χ2v) is 2.06. The van der Waals surface area contributed by atoms with Gasteiger partial charge in [-0.2, -0.15) is 0 Å². The van der Waals surface area contributed by atoms with E-state index in [2.05, 4.69) is 5.32 Å². The van der Waals surface area contributed by atoms with Crippen molar-refractivity contribution in [1.29, 1.82) is 0 Å². The average molecular weight is 158 g/mol. The van der Waals surface area contributed by atoms with E-state index >= 15 is 0 Å². The van der Waals surface area contributed by atoms with Crippen molar-refractivity contribution in [3.05, 3.63) is 0 Å². The number of carbonyl (C=O) groups is 3. The summed E-state index contributed by atoms with van der Waals surface area (Å²) in [4.78, 5) is 31.4. The van der Waals surface area contributed by atoms with Crippen LogP contribution in [0.2, 0.25) is 0 Å². The summed E-state index contributed by atoms with van der Waals surface area (Å²) in [6.45, 7) is -0.150. The molecule has 1 rings (SSSR count). The number of carboxylic acids is 1. The van der Waals surface area contributed by atoms with Crippen molar-refractivity contribution >= 4 is 17.8 Å².